The van der Waals surface area contributed by atoms with Gasteiger partial charge in [0.1, 0.15) is 6.04 Å². The van der Waals surface area contributed by atoms with Crippen molar-refractivity contribution in [2.45, 2.75) is 25.8 Å². The maximum absolute atomic E-state index is 11.1. The number of carbonyl (C=O) groups excluding carboxylic acids is 2. The average Bonchev–Trinajstić information content (AvgIpc) is 2.50. The first-order valence-electron chi connectivity index (χ1n) is 4.02. The fourth-order valence-corrected chi connectivity index (χ4v) is 1.52. The van der Waals surface area contributed by atoms with E-state index in [-0.39, 0.29) is 17.9 Å². The Bertz CT molecular complexity index is 202. The fraction of sp³-hybridized carbons (Fsp3) is 0.750. The van der Waals surface area contributed by atoms with E-state index in [1.807, 2.05) is 0 Å². The Kier molecular flexibility index (Phi) is 2.68. The summed E-state index contributed by atoms with van der Waals surface area (Å²) < 4.78 is 4.58. The molecule has 0 aromatic rings. The largest absolute Gasteiger partial charge is 0.467 e. The molecule has 1 aliphatic rings. The lowest BCUT2D eigenvalue weighted by Gasteiger charge is -2.20. The monoisotopic (exact) mass is 173 g/mol. The van der Waals surface area contributed by atoms with Gasteiger partial charge in [-0.15, -0.1) is 0 Å². The standard InChI is InChI=1S/C8H13NO3/c1-6(10)9-5-3-4-7(9)8(11)12-2/h7H,3-5H2,1-2H3/i4+1,5+1. The van der Waals surface area contributed by atoms with Crippen LogP contribution >= 0.6 is 0 Å². The molecule has 4 heteroatoms. The Morgan fingerprint density at radius 1 is 1.50 bits per heavy atom. The molecule has 0 aliphatic carbocycles. The van der Waals surface area contributed by atoms with Crippen LogP contribution in [-0.2, 0) is 14.3 Å². The number of ether oxygens (including phenoxy) is 1. The van der Waals surface area contributed by atoms with Gasteiger partial charge < -0.3 is 9.64 Å². The molecule has 0 aromatic carbocycles. The molecule has 1 fully saturated rings. The normalized spacial score (nSPS) is 22.5. The highest BCUT2D eigenvalue weighted by Crippen LogP contribution is 2.17. The zero-order chi connectivity index (χ0) is 9.14. The minimum Gasteiger partial charge on any atom is -0.467 e. The van der Waals surface area contributed by atoms with Crippen molar-refractivity contribution in [3.63, 3.8) is 0 Å². The molecular weight excluding hydrogens is 160 g/mol. The average molecular weight is 173 g/mol. The number of methoxy groups -OCH3 is 1. The van der Waals surface area contributed by atoms with Crippen LogP contribution in [0.4, 0.5) is 0 Å². The van der Waals surface area contributed by atoms with E-state index >= 15 is 0 Å². The van der Waals surface area contributed by atoms with Crippen LogP contribution in [-0.4, -0.2) is 36.5 Å². The van der Waals surface area contributed by atoms with E-state index in [0.717, 1.165) is 12.8 Å². The topological polar surface area (TPSA) is 46.6 Å². The van der Waals surface area contributed by atoms with Gasteiger partial charge in [0.2, 0.25) is 5.91 Å². The summed E-state index contributed by atoms with van der Waals surface area (Å²) in [5.41, 5.74) is 0. The zero-order valence-corrected chi connectivity index (χ0v) is 7.37. The van der Waals surface area contributed by atoms with Crippen molar-refractivity contribution < 1.29 is 14.3 Å². The molecule has 0 bridgehead atoms. The molecule has 0 saturated carbocycles. The van der Waals surface area contributed by atoms with Crippen LogP contribution in [0.25, 0.3) is 0 Å². The van der Waals surface area contributed by atoms with Crippen LogP contribution in [0.5, 0.6) is 0 Å². The summed E-state index contributed by atoms with van der Waals surface area (Å²) in [4.78, 5) is 23.7. The maximum Gasteiger partial charge on any atom is 0.328 e. The molecule has 1 amide bonds. The number of esters is 1. The summed E-state index contributed by atoms with van der Waals surface area (Å²) in [6.07, 6.45) is 1.62. The van der Waals surface area contributed by atoms with Gasteiger partial charge in [0.05, 0.1) is 7.11 Å². The fourth-order valence-electron chi connectivity index (χ4n) is 1.52. The molecule has 1 atom stereocenters. The minimum absolute atomic E-state index is 0.0529. The Morgan fingerprint density at radius 2 is 2.17 bits per heavy atom. The van der Waals surface area contributed by atoms with Crippen LogP contribution < -0.4 is 0 Å². The molecule has 1 unspecified atom stereocenters. The molecule has 0 radical (unpaired) electrons. The number of likely N-dealkylation sites (tertiary alicyclic amines) is 1. The molecule has 1 heterocycles. The van der Waals surface area contributed by atoms with Crippen molar-refractivity contribution in [1.82, 2.24) is 4.90 Å². The lowest BCUT2D eigenvalue weighted by Crippen LogP contribution is -2.39. The summed E-state index contributed by atoms with van der Waals surface area (Å²) in [5.74, 6) is -0.356. The minimum atomic E-state index is -0.340. The van der Waals surface area contributed by atoms with Gasteiger partial charge in [-0.25, -0.2) is 4.79 Å². The molecule has 0 N–H and O–H groups in total. The third-order valence-electron chi connectivity index (χ3n) is 2.13. The van der Waals surface area contributed by atoms with E-state index in [1.54, 1.807) is 4.90 Å². The van der Waals surface area contributed by atoms with Crippen LogP contribution in [0.2, 0.25) is 0 Å². The number of carbonyl (C=O) groups is 2. The number of hydrogen-bond acceptors (Lipinski definition) is 3. The van der Waals surface area contributed by atoms with E-state index < -0.39 is 0 Å². The van der Waals surface area contributed by atoms with Crippen LogP contribution in [0, 0.1) is 0 Å². The second-order valence-corrected chi connectivity index (χ2v) is 2.89. The smallest absolute Gasteiger partial charge is 0.328 e. The summed E-state index contributed by atoms with van der Waals surface area (Å²) in [5, 5.41) is 0. The summed E-state index contributed by atoms with van der Waals surface area (Å²) in [6, 6.07) is -0.340. The first kappa shape index (κ1) is 9.03. The van der Waals surface area contributed by atoms with Crippen molar-refractivity contribution in [2.75, 3.05) is 13.7 Å². The highest BCUT2D eigenvalue weighted by atomic mass is 16.5. The van der Waals surface area contributed by atoms with Crippen molar-refractivity contribution in [1.29, 1.82) is 0 Å². The second kappa shape index (κ2) is 3.56. The molecular formula is C8H13NO3. The van der Waals surface area contributed by atoms with E-state index in [2.05, 4.69) is 4.74 Å². The molecule has 0 aromatic heterocycles. The number of rotatable bonds is 1. The van der Waals surface area contributed by atoms with Gasteiger partial charge >= 0.3 is 5.97 Å². The van der Waals surface area contributed by atoms with Gasteiger partial charge in [-0.05, 0) is 12.8 Å². The van der Waals surface area contributed by atoms with Gasteiger partial charge in [-0.2, -0.15) is 0 Å². The predicted octanol–water partition coefficient (Wildman–Crippen LogP) is 0.170. The predicted molar refractivity (Wildman–Crippen MR) is 42.4 cm³/mol. The Morgan fingerprint density at radius 3 is 2.67 bits per heavy atom. The molecule has 68 valence electrons. The quantitative estimate of drug-likeness (QED) is 0.419. The van der Waals surface area contributed by atoms with E-state index in [0.29, 0.717) is 6.54 Å². The summed E-state index contributed by atoms with van der Waals surface area (Å²) in [6.45, 7) is 2.15. The molecule has 1 rings (SSSR count). The SMILES string of the molecule is COC(=O)C1[13CH2]C[13CH2]N1C(C)=O. The highest BCUT2D eigenvalue weighted by molar-refractivity contribution is 5.83. The number of nitrogens with zero attached hydrogens (tertiary/aromatic N) is 1. The molecule has 4 nitrogen and oxygen atoms in total. The third-order valence-corrected chi connectivity index (χ3v) is 2.13. The third kappa shape index (κ3) is 1.57. The first-order valence-corrected chi connectivity index (χ1v) is 4.02. The van der Waals surface area contributed by atoms with Crippen molar-refractivity contribution in [3.05, 3.63) is 0 Å². The zero-order valence-electron chi connectivity index (χ0n) is 7.37. The Labute approximate surface area is 71.5 Å². The maximum atomic E-state index is 11.1. The molecule has 12 heavy (non-hydrogen) atoms. The van der Waals surface area contributed by atoms with E-state index in [1.165, 1.54) is 14.0 Å². The van der Waals surface area contributed by atoms with Crippen molar-refractivity contribution in [3.8, 4) is 0 Å². The highest BCUT2D eigenvalue weighted by Gasteiger charge is 2.32. The van der Waals surface area contributed by atoms with Crippen LogP contribution in [0.1, 0.15) is 19.8 Å². The second-order valence-electron chi connectivity index (χ2n) is 2.89. The van der Waals surface area contributed by atoms with Gasteiger partial charge in [0, 0.05) is 13.5 Å². The van der Waals surface area contributed by atoms with Crippen LogP contribution in [0.3, 0.4) is 0 Å². The molecule has 0 spiro atoms. The molecule has 1 saturated heterocycles. The summed E-state index contributed by atoms with van der Waals surface area (Å²) in [7, 11) is 1.35. The summed E-state index contributed by atoms with van der Waals surface area (Å²) >= 11 is 0. The van der Waals surface area contributed by atoms with Crippen molar-refractivity contribution >= 4 is 11.9 Å². The van der Waals surface area contributed by atoms with Crippen molar-refractivity contribution in [2.24, 2.45) is 0 Å². The number of hydrogen-bond donors (Lipinski definition) is 0. The van der Waals surface area contributed by atoms with Crippen LogP contribution in [0.15, 0.2) is 0 Å². The van der Waals surface area contributed by atoms with Gasteiger partial charge in [0.15, 0.2) is 0 Å². The van der Waals surface area contributed by atoms with E-state index in [9.17, 15) is 9.59 Å². The first-order chi connectivity index (χ1) is 5.66. The Balaban J connectivity index is 2.63. The van der Waals surface area contributed by atoms with Gasteiger partial charge in [-0.3, -0.25) is 4.79 Å². The molecule has 1 aliphatic heterocycles. The number of amides is 1. The van der Waals surface area contributed by atoms with Gasteiger partial charge in [0.25, 0.3) is 0 Å². The van der Waals surface area contributed by atoms with E-state index in [4.69, 9.17) is 0 Å². The lowest BCUT2D eigenvalue weighted by atomic mass is 10.4. The lowest BCUT2D eigenvalue weighted by molar-refractivity contribution is -0.150. The van der Waals surface area contributed by atoms with Gasteiger partial charge in [-0.1, -0.05) is 0 Å². The Hall–Kier alpha value is -1.06.